The van der Waals surface area contributed by atoms with E-state index in [9.17, 15) is 4.39 Å². The summed E-state index contributed by atoms with van der Waals surface area (Å²) in [6.45, 7) is 0.580. The molecular weight excluding hydrogens is 275 g/mol. The number of hydrogen-bond donors (Lipinski definition) is 1. The molecule has 0 saturated carbocycles. The fraction of sp³-hybridized carbons (Fsp3) is 0.375. The number of rotatable bonds is 2. The van der Waals surface area contributed by atoms with Gasteiger partial charge in [-0.2, -0.15) is 0 Å². The Morgan fingerprint density at radius 1 is 1.30 bits per heavy atom. The fourth-order valence-corrected chi connectivity index (χ4v) is 3.10. The van der Waals surface area contributed by atoms with Crippen molar-refractivity contribution in [2.45, 2.75) is 38.3 Å². The molecule has 1 unspecified atom stereocenters. The first-order valence-electron chi connectivity index (χ1n) is 7.02. The summed E-state index contributed by atoms with van der Waals surface area (Å²) in [5, 5.41) is 0.209. The molecule has 2 aromatic rings. The van der Waals surface area contributed by atoms with E-state index >= 15 is 0 Å². The van der Waals surface area contributed by atoms with E-state index in [4.69, 9.17) is 17.3 Å². The molecule has 0 bridgehead atoms. The van der Waals surface area contributed by atoms with E-state index in [1.54, 1.807) is 6.07 Å². The van der Waals surface area contributed by atoms with Crippen LogP contribution in [0.15, 0.2) is 30.6 Å². The summed E-state index contributed by atoms with van der Waals surface area (Å²) in [5.41, 5.74) is 9.56. The zero-order valence-corrected chi connectivity index (χ0v) is 12.0. The lowest BCUT2D eigenvalue weighted by Gasteiger charge is -2.08. The van der Waals surface area contributed by atoms with Crippen LogP contribution in [0.3, 0.4) is 0 Å². The van der Waals surface area contributed by atoms with Gasteiger partial charge >= 0.3 is 0 Å². The van der Waals surface area contributed by atoms with Gasteiger partial charge in [0.15, 0.2) is 0 Å². The van der Waals surface area contributed by atoms with Gasteiger partial charge in [0.25, 0.3) is 0 Å². The zero-order chi connectivity index (χ0) is 14.1. The quantitative estimate of drug-likeness (QED) is 0.832. The number of aryl methyl sites for hydroxylation is 1. The number of nitrogens with two attached hydrogens (primary N) is 1. The van der Waals surface area contributed by atoms with Gasteiger partial charge in [0.2, 0.25) is 0 Å². The third-order valence-electron chi connectivity index (χ3n) is 3.99. The molecule has 0 amide bonds. The molecule has 3 rings (SSSR count). The summed E-state index contributed by atoms with van der Waals surface area (Å²) in [7, 11) is 0. The van der Waals surface area contributed by atoms with Crippen molar-refractivity contribution in [2.24, 2.45) is 5.73 Å². The van der Waals surface area contributed by atoms with Crippen molar-refractivity contribution >= 4 is 11.6 Å². The minimum Gasteiger partial charge on any atom is -0.349 e. The first-order chi connectivity index (χ1) is 9.65. The summed E-state index contributed by atoms with van der Waals surface area (Å²) < 4.78 is 15.5. The summed E-state index contributed by atoms with van der Waals surface area (Å²) in [5.74, 6) is -0.366. The molecule has 1 heterocycles. The Labute approximate surface area is 123 Å². The van der Waals surface area contributed by atoms with Crippen LogP contribution < -0.4 is 5.73 Å². The lowest BCUT2D eigenvalue weighted by molar-refractivity contribution is 0.609. The molecule has 20 heavy (non-hydrogen) atoms. The Morgan fingerprint density at radius 3 is 3.00 bits per heavy atom. The maximum absolute atomic E-state index is 13.5. The van der Waals surface area contributed by atoms with Crippen molar-refractivity contribution in [3.63, 3.8) is 0 Å². The van der Waals surface area contributed by atoms with Gasteiger partial charge in [-0.25, -0.2) is 4.39 Å². The lowest BCUT2D eigenvalue weighted by atomic mass is 10.1. The summed E-state index contributed by atoms with van der Waals surface area (Å²) in [4.78, 5) is 0. The van der Waals surface area contributed by atoms with E-state index in [-0.39, 0.29) is 16.9 Å². The van der Waals surface area contributed by atoms with Crippen molar-refractivity contribution in [1.29, 1.82) is 0 Å². The Morgan fingerprint density at radius 2 is 2.15 bits per heavy atom. The molecular formula is C16H18ClFN2. The first kappa shape index (κ1) is 13.7. The second-order valence-electron chi connectivity index (χ2n) is 5.48. The highest BCUT2D eigenvalue weighted by Crippen LogP contribution is 2.28. The van der Waals surface area contributed by atoms with Crippen LogP contribution in [0.4, 0.5) is 4.39 Å². The molecule has 1 atom stereocenters. The fourth-order valence-electron chi connectivity index (χ4n) is 2.91. The van der Waals surface area contributed by atoms with Crippen LogP contribution in [-0.2, 0) is 13.0 Å². The van der Waals surface area contributed by atoms with Crippen LogP contribution in [0.25, 0.3) is 0 Å². The number of fused-ring (bicyclic) bond motifs is 1. The topological polar surface area (TPSA) is 30.9 Å². The molecule has 2 N–H and O–H groups in total. The van der Waals surface area contributed by atoms with Gasteiger partial charge in [0.1, 0.15) is 5.82 Å². The van der Waals surface area contributed by atoms with Crippen molar-refractivity contribution in [3.8, 4) is 0 Å². The molecule has 1 aromatic carbocycles. The van der Waals surface area contributed by atoms with Gasteiger partial charge in [-0.3, -0.25) is 0 Å². The number of nitrogens with zero attached hydrogens (tertiary/aromatic N) is 1. The highest BCUT2D eigenvalue weighted by Gasteiger charge is 2.17. The average molecular weight is 293 g/mol. The van der Waals surface area contributed by atoms with Crippen LogP contribution in [-0.4, -0.2) is 4.57 Å². The normalized spacial score (nSPS) is 18.6. The number of aromatic nitrogens is 1. The SMILES string of the molecule is NC1CCCCc2cn(Cc3cccc(F)c3Cl)cc21. The zero-order valence-electron chi connectivity index (χ0n) is 11.3. The van der Waals surface area contributed by atoms with Crippen molar-refractivity contribution in [1.82, 2.24) is 4.57 Å². The van der Waals surface area contributed by atoms with Crippen molar-refractivity contribution in [2.75, 3.05) is 0 Å². The van der Waals surface area contributed by atoms with E-state index in [0.29, 0.717) is 6.54 Å². The number of hydrogen-bond acceptors (Lipinski definition) is 1. The maximum atomic E-state index is 13.5. The molecule has 1 aromatic heterocycles. The Bertz CT molecular complexity index is 621. The van der Waals surface area contributed by atoms with Gasteiger partial charge < -0.3 is 10.3 Å². The van der Waals surface area contributed by atoms with Crippen LogP contribution in [0.2, 0.25) is 5.02 Å². The third kappa shape index (κ3) is 2.60. The minimum atomic E-state index is -0.366. The molecule has 0 fully saturated rings. The Hall–Kier alpha value is -1.32. The second-order valence-corrected chi connectivity index (χ2v) is 5.85. The lowest BCUT2D eigenvalue weighted by Crippen LogP contribution is -2.09. The minimum absolute atomic E-state index is 0.122. The molecule has 106 valence electrons. The molecule has 1 aliphatic carbocycles. The summed E-state index contributed by atoms with van der Waals surface area (Å²) >= 11 is 6.01. The standard InChI is InChI=1S/C16H18ClFN2/c17-16-12(5-3-6-14(16)18)9-20-8-11-4-1-2-7-15(19)13(11)10-20/h3,5-6,8,10,15H,1-2,4,7,9,19H2. The van der Waals surface area contributed by atoms with Gasteiger partial charge in [0, 0.05) is 25.0 Å². The molecule has 2 nitrogen and oxygen atoms in total. The van der Waals surface area contributed by atoms with E-state index in [0.717, 1.165) is 18.4 Å². The highest BCUT2D eigenvalue weighted by atomic mass is 35.5. The van der Waals surface area contributed by atoms with E-state index in [1.165, 1.54) is 30.0 Å². The monoisotopic (exact) mass is 292 g/mol. The van der Waals surface area contributed by atoms with Crippen LogP contribution in [0, 0.1) is 5.82 Å². The highest BCUT2D eigenvalue weighted by molar-refractivity contribution is 6.31. The van der Waals surface area contributed by atoms with Gasteiger partial charge in [-0.1, -0.05) is 30.2 Å². The van der Waals surface area contributed by atoms with Crippen LogP contribution in [0.1, 0.15) is 42.0 Å². The third-order valence-corrected chi connectivity index (χ3v) is 4.42. The largest absolute Gasteiger partial charge is 0.349 e. The Kier molecular flexibility index (Phi) is 3.81. The van der Waals surface area contributed by atoms with Crippen molar-refractivity contribution in [3.05, 3.63) is 58.1 Å². The molecule has 0 saturated heterocycles. The van der Waals surface area contributed by atoms with Gasteiger partial charge in [0.05, 0.1) is 5.02 Å². The summed E-state index contributed by atoms with van der Waals surface area (Å²) in [6.07, 6.45) is 8.70. The molecule has 0 radical (unpaired) electrons. The average Bonchev–Trinajstić information content (AvgIpc) is 2.75. The predicted molar refractivity (Wildman–Crippen MR) is 79.4 cm³/mol. The molecule has 0 aliphatic heterocycles. The van der Waals surface area contributed by atoms with Crippen LogP contribution >= 0.6 is 11.6 Å². The van der Waals surface area contributed by atoms with Gasteiger partial charge in [-0.15, -0.1) is 0 Å². The number of halogens is 2. The summed E-state index contributed by atoms with van der Waals surface area (Å²) in [6, 6.07) is 5.05. The van der Waals surface area contributed by atoms with E-state index < -0.39 is 0 Å². The van der Waals surface area contributed by atoms with E-state index in [2.05, 4.69) is 17.0 Å². The maximum Gasteiger partial charge on any atom is 0.142 e. The Balaban J connectivity index is 1.89. The van der Waals surface area contributed by atoms with Gasteiger partial charge in [-0.05, 0) is 42.0 Å². The molecule has 4 heteroatoms. The van der Waals surface area contributed by atoms with Crippen LogP contribution in [0.5, 0.6) is 0 Å². The smallest absolute Gasteiger partial charge is 0.142 e. The molecule has 1 aliphatic rings. The van der Waals surface area contributed by atoms with E-state index in [1.807, 2.05) is 6.07 Å². The second kappa shape index (κ2) is 5.58. The predicted octanol–water partition coefficient (Wildman–Crippen LogP) is 4.06. The molecule has 0 spiro atoms. The van der Waals surface area contributed by atoms with Crippen molar-refractivity contribution < 1.29 is 4.39 Å². The number of benzene rings is 1. The first-order valence-corrected chi connectivity index (χ1v) is 7.40.